The zero-order valence-corrected chi connectivity index (χ0v) is 7.53. The summed E-state index contributed by atoms with van der Waals surface area (Å²) in [7, 11) is 0. The van der Waals surface area contributed by atoms with Gasteiger partial charge < -0.3 is 0 Å². The van der Waals surface area contributed by atoms with Crippen LogP contribution in [0.3, 0.4) is 0 Å². The monoisotopic (exact) mass is 153 g/mol. The summed E-state index contributed by atoms with van der Waals surface area (Å²) in [6.07, 6.45) is 0. The van der Waals surface area contributed by atoms with E-state index in [-0.39, 0.29) is 0 Å². The second-order valence-corrected chi connectivity index (χ2v) is 4.37. The van der Waals surface area contributed by atoms with Gasteiger partial charge >= 0.3 is 0 Å². The van der Waals surface area contributed by atoms with E-state index in [1.807, 2.05) is 11.3 Å². The first-order valence-corrected chi connectivity index (χ1v) is 4.36. The molecule has 1 rings (SSSR count). The molecule has 0 aromatic carbocycles. The van der Waals surface area contributed by atoms with E-state index >= 15 is 0 Å². The molecular formula is C9H13S+. The lowest BCUT2D eigenvalue weighted by atomic mass is 9.95. The van der Waals surface area contributed by atoms with Crippen LogP contribution in [0.1, 0.15) is 25.6 Å². The molecule has 0 nitrogen and oxygen atoms in total. The first-order chi connectivity index (χ1) is 4.61. The summed E-state index contributed by atoms with van der Waals surface area (Å²) >= 11 is 1.82. The summed E-state index contributed by atoms with van der Waals surface area (Å²) < 4.78 is 0. The molecule has 0 aliphatic rings. The third-order valence-electron chi connectivity index (χ3n) is 1.37. The lowest BCUT2D eigenvalue weighted by Gasteiger charge is -2.08. The van der Waals surface area contributed by atoms with Gasteiger partial charge in [0.1, 0.15) is 0 Å². The van der Waals surface area contributed by atoms with Crippen LogP contribution < -0.4 is 0 Å². The van der Waals surface area contributed by atoms with E-state index in [9.17, 15) is 0 Å². The van der Waals surface area contributed by atoms with Crippen molar-refractivity contribution in [2.45, 2.75) is 26.2 Å². The highest BCUT2D eigenvalue weighted by Gasteiger charge is 2.21. The minimum atomic E-state index is 0.311. The minimum absolute atomic E-state index is 0.311. The number of hydrogen-bond donors (Lipinski definition) is 0. The Bertz CT molecular complexity index is 196. The lowest BCUT2D eigenvalue weighted by Crippen LogP contribution is -2.08. The van der Waals surface area contributed by atoms with E-state index in [1.165, 1.54) is 4.88 Å². The zero-order chi connectivity index (χ0) is 7.61. The quantitative estimate of drug-likeness (QED) is 0.501. The topological polar surface area (TPSA) is 0 Å². The Hall–Kier alpha value is -0.430. The third-order valence-corrected chi connectivity index (χ3v) is 2.67. The molecule has 0 aliphatic carbocycles. The van der Waals surface area contributed by atoms with Gasteiger partial charge in [-0.05, 0) is 12.1 Å². The van der Waals surface area contributed by atoms with Gasteiger partial charge in [-0.15, -0.1) is 0 Å². The fourth-order valence-electron chi connectivity index (χ4n) is 0.767. The summed E-state index contributed by atoms with van der Waals surface area (Å²) in [6, 6.07) is 6.35. The fourth-order valence-corrected chi connectivity index (χ4v) is 1.59. The minimum Gasteiger partial charge on any atom is -0.0520 e. The second kappa shape index (κ2) is 2.67. The Morgan fingerprint density at radius 2 is 1.90 bits per heavy atom. The first-order valence-electron chi connectivity index (χ1n) is 3.48. The molecular weight excluding hydrogens is 140 g/mol. The van der Waals surface area contributed by atoms with Crippen molar-refractivity contribution in [3.8, 4) is 0 Å². The van der Waals surface area contributed by atoms with Crippen molar-refractivity contribution in [3.63, 3.8) is 0 Å². The molecule has 0 amide bonds. The summed E-state index contributed by atoms with van der Waals surface area (Å²) in [4.78, 5) is 1.44. The van der Waals surface area contributed by atoms with E-state index in [4.69, 9.17) is 0 Å². The van der Waals surface area contributed by atoms with Gasteiger partial charge in [-0.25, -0.2) is 0 Å². The molecule has 1 aromatic heterocycles. The fraction of sp³-hybridized carbons (Fsp3) is 0.444. The smallest absolute Gasteiger partial charge is 0.0520 e. The van der Waals surface area contributed by atoms with E-state index in [0.717, 1.165) is 0 Å². The lowest BCUT2D eigenvalue weighted by molar-refractivity contribution is 0.603. The molecule has 0 unspecified atom stereocenters. The molecule has 1 heterocycles. The van der Waals surface area contributed by atoms with Crippen LogP contribution >= 0.6 is 11.3 Å². The van der Waals surface area contributed by atoms with Gasteiger partial charge in [-0.2, -0.15) is 0 Å². The molecule has 1 aromatic rings. The van der Waals surface area contributed by atoms with E-state index in [2.05, 4.69) is 44.4 Å². The maximum absolute atomic E-state index is 2.23. The van der Waals surface area contributed by atoms with Crippen LogP contribution in [0.4, 0.5) is 0 Å². The Morgan fingerprint density at radius 3 is 2.20 bits per heavy atom. The summed E-state index contributed by atoms with van der Waals surface area (Å²) in [5.74, 6) is 0. The molecule has 10 heavy (non-hydrogen) atoms. The molecule has 0 aliphatic heterocycles. The Labute approximate surface area is 66.5 Å². The van der Waals surface area contributed by atoms with Gasteiger partial charge in [0.25, 0.3) is 0 Å². The van der Waals surface area contributed by atoms with Crippen LogP contribution in [0.15, 0.2) is 23.6 Å². The van der Waals surface area contributed by atoms with Crippen molar-refractivity contribution in [2.75, 3.05) is 0 Å². The van der Waals surface area contributed by atoms with Crippen LogP contribution in [-0.2, 0) is 5.41 Å². The Kier molecular flexibility index (Phi) is 2.05. The van der Waals surface area contributed by atoms with Gasteiger partial charge in [0.15, 0.2) is 5.38 Å². The second-order valence-electron chi connectivity index (χ2n) is 3.42. The first kappa shape index (κ1) is 7.67. The van der Waals surface area contributed by atoms with Crippen LogP contribution in [0.5, 0.6) is 0 Å². The van der Waals surface area contributed by atoms with Crippen molar-refractivity contribution in [3.05, 3.63) is 28.5 Å². The van der Waals surface area contributed by atoms with Crippen molar-refractivity contribution in [1.82, 2.24) is 0 Å². The predicted octanol–water partition coefficient (Wildman–Crippen LogP) is 3.33. The highest BCUT2D eigenvalue weighted by Crippen LogP contribution is 2.24. The Morgan fingerprint density at radius 1 is 1.20 bits per heavy atom. The van der Waals surface area contributed by atoms with Crippen molar-refractivity contribution in [2.24, 2.45) is 0 Å². The van der Waals surface area contributed by atoms with E-state index < -0.39 is 0 Å². The maximum atomic E-state index is 2.23. The Balaban J connectivity index is 2.97. The molecule has 0 atom stereocenters. The molecule has 1 heteroatoms. The molecule has 0 spiro atoms. The molecule has 0 saturated carbocycles. The normalized spacial score (nSPS) is 11.5. The van der Waals surface area contributed by atoms with Gasteiger partial charge in [0.05, 0.1) is 0 Å². The predicted molar refractivity (Wildman–Crippen MR) is 47.4 cm³/mol. The third kappa shape index (κ3) is 1.77. The van der Waals surface area contributed by atoms with Gasteiger partial charge in [-0.3, -0.25) is 0 Å². The summed E-state index contributed by atoms with van der Waals surface area (Å²) in [5.41, 5.74) is 0.311. The largest absolute Gasteiger partial charge is 0.215 e. The SMILES string of the molecule is CC(C)(C)c1cccc[s+]1. The van der Waals surface area contributed by atoms with Crippen molar-refractivity contribution >= 4 is 11.3 Å². The summed E-state index contributed by atoms with van der Waals surface area (Å²) in [6.45, 7) is 6.70. The molecule has 0 bridgehead atoms. The molecule has 0 radical (unpaired) electrons. The van der Waals surface area contributed by atoms with Crippen LogP contribution in [-0.4, -0.2) is 0 Å². The molecule has 0 fully saturated rings. The zero-order valence-electron chi connectivity index (χ0n) is 6.72. The average Bonchev–Trinajstić information content (AvgIpc) is 1.88. The van der Waals surface area contributed by atoms with Crippen LogP contribution in [0, 0.1) is 0 Å². The molecule has 0 saturated heterocycles. The van der Waals surface area contributed by atoms with E-state index in [0.29, 0.717) is 5.41 Å². The van der Waals surface area contributed by atoms with Crippen LogP contribution in [0.25, 0.3) is 0 Å². The summed E-state index contributed by atoms with van der Waals surface area (Å²) in [5, 5.41) is 2.13. The van der Waals surface area contributed by atoms with Crippen molar-refractivity contribution in [1.29, 1.82) is 0 Å². The standard InChI is InChI=1S/C9H13S/c1-9(2,3)8-6-4-5-7-10-8/h4-7H,1-3H3/q+1. The maximum Gasteiger partial charge on any atom is 0.215 e. The average molecular weight is 153 g/mol. The highest BCUT2D eigenvalue weighted by atomic mass is 32.1. The number of rotatable bonds is 0. The van der Waals surface area contributed by atoms with Gasteiger partial charge in [0, 0.05) is 5.41 Å². The van der Waals surface area contributed by atoms with E-state index in [1.54, 1.807) is 0 Å². The van der Waals surface area contributed by atoms with Crippen molar-refractivity contribution < 1.29 is 0 Å². The van der Waals surface area contributed by atoms with Gasteiger partial charge in [0.2, 0.25) is 16.2 Å². The van der Waals surface area contributed by atoms with Crippen LogP contribution in [0.2, 0.25) is 0 Å². The van der Waals surface area contributed by atoms with Gasteiger partial charge in [-0.1, -0.05) is 26.8 Å². The molecule has 54 valence electrons. The molecule has 0 N–H and O–H groups in total. The highest BCUT2D eigenvalue weighted by molar-refractivity contribution is 7.09. The number of hydrogen-bond acceptors (Lipinski definition) is 0.